The lowest BCUT2D eigenvalue weighted by Crippen LogP contribution is -2.52. The lowest BCUT2D eigenvalue weighted by Gasteiger charge is -2.37. The molecule has 2 heterocycles. The van der Waals surface area contributed by atoms with Gasteiger partial charge in [-0.3, -0.25) is 4.90 Å². The minimum Gasteiger partial charge on any atom is -0.373 e. The normalized spacial score (nSPS) is 21.8. The molecule has 0 bridgehead atoms. The van der Waals surface area contributed by atoms with Crippen LogP contribution in [0.2, 0.25) is 0 Å². The van der Waals surface area contributed by atoms with Crippen molar-refractivity contribution in [3.05, 3.63) is 11.3 Å². The van der Waals surface area contributed by atoms with Crippen LogP contribution in [-0.4, -0.2) is 60.5 Å². The van der Waals surface area contributed by atoms with Crippen molar-refractivity contribution in [2.45, 2.75) is 13.0 Å². The van der Waals surface area contributed by atoms with Gasteiger partial charge in [-0.1, -0.05) is 0 Å². The maximum absolute atomic E-state index is 9.08. The van der Waals surface area contributed by atoms with Gasteiger partial charge < -0.3 is 10.2 Å². The summed E-state index contributed by atoms with van der Waals surface area (Å²) in [6.07, 6.45) is 0. The predicted octanol–water partition coefficient (Wildman–Crippen LogP) is 0.981. The summed E-state index contributed by atoms with van der Waals surface area (Å²) in [6, 6.07) is 2.70. The van der Waals surface area contributed by atoms with Gasteiger partial charge in [-0.15, -0.1) is 0 Å². The number of anilines is 1. The van der Waals surface area contributed by atoms with Crippen LogP contribution in [0, 0.1) is 18.3 Å². The van der Waals surface area contributed by atoms with E-state index in [-0.39, 0.29) is 0 Å². The van der Waals surface area contributed by atoms with Crippen LogP contribution in [0.1, 0.15) is 11.3 Å². The van der Waals surface area contributed by atoms with Gasteiger partial charge in [-0.25, -0.2) is 0 Å². The SMILES string of the molecule is Cc1nsc(NCC2CN(C)CCN2C)c1C#N. The fraction of sp³-hybridized carbons (Fsp3) is 0.667. The third kappa shape index (κ3) is 2.80. The van der Waals surface area contributed by atoms with E-state index in [9.17, 15) is 0 Å². The molecule has 0 saturated carbocycles. The maximum atomic E-state index is 9.08. The van der Waals surface area contributed by atoms with Crippen molar-refractivity contribution in [2.75, 3.05) is 45.6 Å². The number of hydrogen-bond donors (Lipinski definition) is 1. The molecule has 0 aromatic carbocycles. The summed E-state index contributed by atoms with van der Waals surface area (Å²) in [7, 11) is 4.31. The summed E-state index contributed by atoms with van der Waals surface area (Å²) in [5.74, 6) is 0. The first-order valence-corrected chi connectivity index (χ1v) is 6.88. The zero-order chi connectivity index (χ0) is 13.1. The van der Waals surface area contributed by atoms with Gasteiger partial charge >= 0.3 is 0 Å². The van der Waals surface area contributed by atoms with E-state index in [1.807, 2.05) is 6.92 Å². The van der Waals surface area contributed by atoms with Gasteiger partial charge in [0.15, 0.2) is 0 Å². The zero-order valence-corrected chi connectivity index (χ0v) is 11.9. The van der Waals surface area contributed by atoms with Gasteiger partial charge in [0, 0.05) is 32.2 Å². The molecular weight excluding hydrogens is 246 g/mol. The molecule has 0 spiro atoms. The Morgan fingerprint density at radius 1 is 1.50 bits per heavy atom. The Morgan fingerprint density at radius 2 is 2.28 bits per heavy atom. The molecule has 0 amide bonds. The maximum Gasteiger partial charge on any atom is 0.127 e. The Balaban J connectivity index is 1.96. The van der Waals surface area contributed by atoms with Crippen LogP contribution in [0.25, 0.3) is 0 Å². The molecule has 2 rings (SSSR count). The molecule has 0 radical (unpaired) electrons. The molecule has 1 N–H and O–H groups in total. The Labute approximate surface area is 112 Å². The molecule has 1 aromatic heterocycles. The first-order chi connectivity index (χ1) is 8.61. The molecule has 6 heteroatoms. The summed E-state index contributed by atoms with van der Waals surface area (Å²) < 4.78 is 4.22. The second-order valence-electron chi connectivity index (χ2n) is 4.86. The monoisotopic (exact) mass is 265 g/mol. The molecule has 18 heavy (non-hydrogen) atoms. The van der Waals surface area contributed by atoms with Gasteiger partial charge in [0.25, 0.3) is 0 Å². The fourth-order valence-electron chi connectivity index (χ4n) is 2.15. The summed E-state index contributed by atoms with van der Waals surface area (Å²) in [5, 5.41) is 13.3. The van der Waals surface area contributed by atoms with Gasteiger partial charge in [0.1, 0.15) is 16.6 Å². The topological polar surface area (TPSA) is 55.2 Å². The van der Waals surface area contributed by atoms with Crippen molar-refractivity contribution in [1.82, 2.24) is 14.2 Å². The number of nitrogens with zero attached hydrogens (tertiary/aromatic N) is 4. The smallest absolute Gasteiger partial charge is 0.127 e. The highest BCUT2D eigenvalue weighted by atomic mass is 32.1. The third-order valence-electron chi connectivity index (χ3n) is 3.45. The van der Waals surface area contributed by atoms with Crippen LogP contribution in [-0.2, 0) is 0 Å². The number of aromatic nitrogens is 1. The molecule has 1 aliphatic rings. The van der Waals surface area contributed by atoms with E-state index in [1.54, 1.807) is 0 Å². The van der Waals surface area contributed by atoms with Crippen molar-refractivity contribution in [1.29, 1.82) is 5.26 Å². The average molecular weight is 265 g/mol. The number of piperazine rings is 1. The molecule has 1 unspecified atom stereocenters. The zero-order valence-electron chi connectivity index (χ0n) is 11.1. The Bertz CT molecular complexity index is 450. The lowest BCUT2D eigenvalue weighted by atomic mass is 10.2. The summed E-state index contributed by atoms with van der Waals surface area (Å²) >= 11 is 1.38. The lowest BCUT2D eigenvalue weighted by molar-refractivity contribution is 0.122. The molecule has 98 valence electrons. The second-order valence-corrected chi connectivity index (χ2v) is 5.63. The molecule has 1 aliphatic heterocycles. The summed E-state index contributed by atoms with van der Waals surface area (Å²) in [5.41, 5.74) is 1.51. The van der Waals surface area contributed by atoms with Crippen molar-refractivity contribution < 1.29 is 0 Å². The summed E-state index contributed by atoms with van der Waals surface area (Å²) in [6.45, 7) is 6.01. The minimum atomic E-state index is 0.484. The average Bonchev–Trinajstić information content (AvgIpc) is 2.71. The van der Waals surface area contributed by atoms with Crippen molar-refractivity contribution in [3.8, 4) is 6.07 Å². The van der Waals surface area contributed by atoms with Crippen LogP contribution in [0.4, 0.5) is 5.00 Å². The van der Waals surface area contributed by atoms with E-state index in [2.05, 4.69) is 39.7 Å². The van der Waals surface area contributed by atoms with E-state index >= 15 is 0 Å². The number of nitrogens with one attached hydrogen (secondary N) is 1. The van der Waals surface area contributed by atoms with Crippen molar-refractivity contribution >= 4 is 16.5 Å². The number of rotatable bonds is 3. The standard InChI is InChI=1S/C12H19N5S/c1-9-11(6-13)12(18-15-9)14-7-10-8-16(2)4-5-17(10)3/h10,14H,4-5,7-8H2,1-3H3. The van der Waals surface area contributed by atoms with Crippen LogP contribution < -0.4 is 5.32 Å². The van der Waals surface area contributed by atoms with Gasteiger partial charge in [-0.05, 0) is 32.6 Å². The van der Waals surface area contributed by atoms with Gasteiger partial charge in [-0.2, -0.15) is 9.64 Å². The van der Waals surface area contributed by atoms with Gasteiger partial charge in [0.05, 0.1) is 5.69 Å². The van der Waals surface area contributed by atoms with Crippen LogP contribution in [0.5, 0.6) is 0 Å². The number of hydrogen-bond acceptors (Lipinski definition) is 6. The molecule has 5 nitrogen and oxygen atoms in total. The fourth-order valence-corrected chi connectivity index (χ4v) is 2.91. The minimum absolute atomic E-state index is 0.484. The molecular formula is C12H19N5S. The molecule has 1 aromatic rings. The highest BCUT2D eigenvalue weighted by molar-refractivity contribution is 7.10. The van der Waals surface area contributed by atoms with E-state index in [4.69, 9.17) is 5.26 Å². The van der Waals surface area contributed by atoms with E-state index < -0.39 is 0 Å². The highest BCUT2D eigenvalue weighted by Gasteiger charge is 2.22. The first-order valence-electron chi connectivity index (χ1n) is 6.11. The molecule has 1 fully saturated rings. The molecule has 1 atom stereocenters. The van der Waals surface area contributed by atoms with Crippen LogP contribution in [0.3, 0.4) is 0 Å². The van der Waals surface area contributed by atoms with Crippen molar-refractivity contribution in [2.24, 2.45) is 0 Å². The van der Waals surface area contributed by atoms with Crippen molar-refractivity contribution in [3.63, 3.8) is 0 Å². The van der Waals surface area contributed by atoms with Gasteiger partial charge in [0.2, 0.25) is 0 Å². The van der Waals surface area contributed by atoms with Crippen LogP contribution >= 0.6 is 11.5 Å². The Hall–Kier alpha value is -1.16. The van der Waals surface area contributed by atoms with E-state index in [1.165, 1.54) is 11.5 Å². The third-order valence-corrected chi connectivity index (χ3v) is 4.35. The number of aryl methyl sites for hydroxylation is 1. The quantitative estimate of drug-likeness (QED) is 0.883. The first kappa shape index (κ1) is 13.3. The van der Waals surface area contributed by atoms with E-state index in [0.717, 1.165) is 36.9 Å². The highest BCUT2D eigenvalue weighted by Crippen LogP contribution is 2.23. The number of nitriles is 1. The number of likely N-dealkylation sites (N-methyl/N-ethyl adjacent to an activating group) is 2. The Morgan fingerprint density at radius 3 is 3.00 bits per heavy atom. The molecule has 1 saturated heterocycles. The van der Waals surface area contributed by atoms with Crippen LogP contribution in [0.15, 0.2) is 0 Å². The second kappa shape index (κ2) is 5.65. The molecule has 0 aliphatic carbocycles. The Kier molecular flexibility index (Phi) is 4.17. The predicted molar refractivity (Wildman–Crippen MR) is 74.0 cm³/mol. The largest absolute Gasteiger partial charge is 0.373 e. The van der Waals surface area contributed by atoms with E-state index in [0.29, 0.717) is 11.6 Å². The summed E-state index contributed by atoms with van der Waals surface area (Å²) in [4.78, 5) is 4.71.